The monoisotopic (exact) mass is 707 g/mol. The average molecular weight is 708 g/mol. The van der Waals surface area contributed by atoms with Crippen molar-refractivity contribution in [3.63, 3.8) is 0 Å². The number of nitrogens with zero attached hydrogens (tertiary/aromatic N) is 2. The van der Waals surface area contributed by atoms with Crippen molar-refractivity contribution in [1.82, 2.24) is 25.2 Å². The van der Waals surface area contributed by atoms with Gasteiger partial charge in [-0.25, -0.2) is 18.2 Å². The van der Waals surface area contributed by atoms with Gasteiger partial charge in [-0.05, 0) is 82.2 Å². The number of carbonyl (C=O) groups is 4. The Morgan fingerprint density at radius 1 is 1.04 bits per heavy atom. The lowest BCUT2D eigenvalue weighted by atomic mass is 9.82. The largest absolute Gasteiger partial charge is 0.472 e. The quantitative estimate of drug-likeness (QED) is 0.364. The second kappa shape index (κ2) is 13.5. The summed E-state index contributed by atoms with van der Waals surface area (Å²) in [7, 11) is -3.87. The molecule has 1 aromatic carbocycles. The lowest BCUT2D eigenvalue weighted by molar-refractivity contribution is -0.141. The minimum atomic E-state index is -3.87. The highest BCUT2D eigenvalue weighted by Crippen LogP contribution is 2.46. The van der Waals surface area contributed by atoms with E-state index >= 15 is 0 Å². The summed E-state index contributed by atoms with van der Waals surface area (Å²) in [6, 6.07) is 7.46. The van der Waals surface area contributed by atoms with Gasteiger partial charge in [-0.3, -0.25) is 19.1 Å². The van der Waals surface area contributed by atoms with E-state index < -0.39 is 74.3 Å². The highest BCUT2D eigenvalue weighted by atomic mass is 32.2. The number of allylic oxidation sites excluding steroid dienone is 1. The van der Waals surface area contributed by atoms with E-state index in [2.05, 4.69) is 20.3 Å². The number of aromatic nitrogens is 1. The maximum atomic E-state index is 14.4. The van der Waals surface area contributed by atoms with Crippen LogP contribution < -0.4 is 20.1 Å². The zero-order valence-corrected chi connectivity index (χ0v) is 29.1. The third kappa shape index (κ3) is 7.17. The smallest absolute Gasteiger partial charge is 0.408 e. The summed E-state index contributed by atoms with van der Waals surface area (Å²) >= 11 is 0. The maximum Gasteiger partial charge on any atom is 0.408 e. The van der Waals surface area contributed by atoms with Crippen molar-refractivity contribution >= 4 is 44.6 Å². The van der Waals surface area contributed by atoms with Crippen molar-refractivity contribution in [2.24, 2.45) is 5.92 Å². The number of amides is 4. The number of ether oxygens (including phenoxy) is 2. The van der Waals surface area contributed by atoms with Crippen molar-refractivity contribution in [1.29, 1.82) is 0 Å². The number of sulfonamides is 1. The fraction of sp³-hybridized carbons (Fsp3) is 0.583. The molecule has 4 amide bonds. The molecule has 3 heterocycles. The molecule has 1 aromatic heterocycles. The van der Waals surface area contributed by atoms with E-state index in [1.165, 1.54) is 4.90 Å². The molecule has 2 aromatic rings. The van der Waals surface area contributed by atoms with Crippen molar-refractivity contribution in [2.75, 3.05) is 6.54 Å². The Hall–Kier alpha value is -4.20. The lowest BCUT2D eigenvalue weighted by Crippen LogP contribution is -2.58. The molecule has 0 bridgehead atoms. The molecule has 7 rings (SSSR count). The second-order valence-corrected chi connectivity index (χ2v) is 16.7. The molecule has 5 aliphatic rings. The predicted molar refractivity (Wildman–Crippen MR) is 183 cm³/mol. The molecule has 50 heavy (non-hydrogen) atoms. The summed E-state index contributed by atoms with van der Waals surface area (Å²) in [6.45, 7) is 1.91. The summed E-state index contributed by atoms with van der Waals surface area (Å²) in [4.78, 5) is 61.3. The molecule has 3 saturated carbocycles. The summed E-state index contributed by atoms with van der Waals surface area (Å²) in [6.07, 6.45) is 11.2. The molecular weight excluding hydrogens is 662 g/mol. The summed E-state index contributed by atoms with van der Waals surface area (Å²) in [5.74, 6) is -1.85. The first-order valence-electron chi connectivity index (χ1n) is 17.8. The van der Waals surface area contributed by atoms with Gasteiger partial charge in [-0.15, -0.1) is 0 Å². The zero-order chi connectivity index (χ0) is 35.1. The number of nitrogens with one attached hydrogen (secondary N) is 3. The van der Waals surface area contributed by atoms with Crippen LogP contribution in [0.2, 0.25) is 0 Å². The Balaban J connectivity index is 1.17. The van der Waals surface area contributed by atoms with Crippen molar-refractivity contribution in [3.8, 4) is 5.88 Å². The normalized spacial score (nSPS) is 30.3. The van der Waals surface area contributed by atoms with Gasteiger partial charge in [0.15, 0.2) is 0 Å². The number of rotatable bonds is 7. The van der Waals surface area contributed by atoms with E-state index in [9.17, 15) is 27.6 Å². The van der Waals surface area contributed by atoms with Crippen molar-refractivity contribution < 1.29 is 37.1 Å². The topological polar surface area (TPSA) is 173 Å². The van der Waals surface area contributed by atoms with E-state index in [1.807, 2.05) is 49.4 Å². The number of benzene rings is 1. The van der Waals surface area contributed by atoms with Crippen LogP contribution in [0.25, 0.3) is 10.8 Å². The molecule has 3 aliphatic carbocycles. The Labute approximate surface area is 292 Å². The number of pyridine rings is 1. The Morgan fingerprint density at radius 2 is 1.84 bits per heavy atom. The van der Waals surface area contributed by atoms with E-state index in [0.717, 1.165) is 42.9 Å². The second-order valence-electron chi connectivity index (χ2n) is 14.7. The molecular formula is C36H45N5O8S. The number of fused-ring (bicyclic) bond motifs is 3. The van der Waals surface area contributed by atoms with Gasteiger partial charge < -0.3 is 25.0 Å². The lowest BCUT2D eigenvalue weighted by Gasteiger charge is -2.38. The van der Waals surface area contributed by atoms with Crippen LogP contribution in [0, 0.1) is 5.92 Å². The van der Waals surface area contributed by atoms with Gasteiger partial charge in [0.2, 0.25) is 27.7 Å². The van der Waals surface area contributed by atoms with Gasteiger partial charge in [0, 0.05) is 23.9 Å². The van der Waals surface area contributed by atoms with Crippen LogP contribution in [-0.2, 0) is 29.1 Å². The molecule has 2 aliphatic heterocycles. The van der Waals surface area contributed by atoms with Gasteiger partial charge in [-0.2, -0.15) is 0 Å². The first-order chi connectivity index (χ1) is 24.0. The average Bonchev–Trinajstić information content (AvgIpc) is 3.99. The van der Waals surface area contributed by atoms with Crippen LogP contribution in [0.3, 0.4) is 0 Å². The van der Waals surface area contributed by atoms with Crippen LogP contribution in [0.4, 0.5) is 4.79 Å². The third-order valence-electron chi connectivity index (χ3n) is 10.8. The van der Waals surface area contributed by atoms with Gasteiger partial charge in [0.1, 0.15) is 29.3 Å². The van der Waals surface area contributed by atoms with Crippen molar-refractivity contribution in [3.05, 3.63) is 48.7 Å². The van der Waals surface area contributed by atoms with Gasteiger partial charge >= 0.3 is 6.09 Å². The molecule has 0 unspecified atom stereocenters. The molecule has 268 valence electrons. The molecule has 3 N–H and O–H groups in total. The Kier molecular flexibility index (Phi) is 9.25. The molecule has 14 heteroatoms. The fourth-order valence-electron chi connectivity index (χ4n) is 7.36. The number of hydrogen-bond acceptors (Lipinski definition) is 9. The summed E-state index contributed by atoms with van der Waals surface area (Å²) in [5.41, 5.74) is -2.04. The Bertz CT molecular complexity index is 1800. The van der Waals surface area contributed by atoms with Crippen LogP contribution in [0.1, 0.15) is 84.0 Å². The maximum absolute atomic E-state index is 14.4. The fourth-order valence-corrected chi connectivity index (χ4v) is 8.73. The van der Waals surface area contributed by atoms with Crippen LogP contribution >= 0.6 is 0 Å². The van der Waals surface area contributed by atoms with Gasteiger partial charge in [0.25, 0.3) is 5.91 Å². The number of carbonyl (C=O) groups excluding carboxylic acids is 4. The highest BCUT2D eigenvalue weighted by molar-refractivity contribution is 7.91. The molecule has 0 radical (unpaired) electrons. The molecule has 4 fully saturated rings. The minimum absolute atomic E-state index is 0.0331. The first-order valence-corrected chi connectivity index (χ1v) is 19.4. The van der Waals surface area contributed by atoms with Crippen molar-refractivity contribution in [2.45, 2.75) is 119 Å². The van der Waals surface area contributed by atoms with E-state index in [0.29, 0.717) is 38.0 Å². The highest BCUT2D eigenvalue weighted by Gasteiger charge is 2.62. The molecule has 1 saturated heterocycles. The number of hydrogen-bond donors (Lipinski definition) is 3. The SMILES string of the molecule is CC1(OC(=O)N[C@H]2CCCCC/C=C\[C@@H]3C[C@@]3(C(=O)NS(=O)(=O)C3CC3)NC(=O)[C@@H]3C[C@@H](Oc4nccc5ccccc45)CN3C2=O)CCC1. The van der Waals surface area contributed by atoms with Crippen LogP contribution in [0.15, 0.2) is 48.7 Å². The third-order valence-corrected chi connectivity index (χ3v) is 12.6. The molecule has 5 atom stereocenters. The standard InChI is InChI=1S/C36H45N5O8S/c1-35(17-9-18-35)49-34(45)38-28-13-6-4-2-3-5-11-24-21-36(24,33(44)40-50(46,47)26-14-15-26)39-30(42)29-20-25(22-41(29)32(28)43)48-31-27-12-8-7-10-23(27)16-19-37-31/h5,7-8,10-12,16,19,24-26,28-29H,2-4,6,9,13-15,17-18,20-22H2,1H3,(H,38,45)(H,39,42)(H,40,44)/b11-5-/t24-,25-,28+,29+,36-/m1/s1. The minimum Gasteiger partial charge on any atom is -0.472 e. The van der Waals surface area contributed by atoms with Gasteiger partial charge in [-0.1, -0.05) is 43.2 Å². The zero-order valence-electron chi connectivity index (χ0n) is 28.3. The van der Waals surface area contributed by atoms with Gasteiger partial charge in [0.05, 0.1) is 11.8 Å². The van der Waals surface area contributed by atoms with E-state index in [-0.39, 0.29) is 19.4 Å². The number of alkyl carbamates (subject to hydrolysis) is 1. The van der Waals surface area contributed by atoms with Crippen LogP contribution in [0.5, 0.6) is 5.88 Å². The molecule has 0 spiro atoms. The van der Waals surface area contributed by atoms with E-state index in [4.69, 9.17) is 9.47 Å². The molecule has 13 nitrogen and oxygen atoms in total. The van der Waals surface area contributed by atoms with E-state index in [1.54, 1.807) is 6.20 Å². The van der Waals surface area contributed by atoms with Crippen LogP contribution in [-0.4, -0.2) is 83.2 Å². The summed E-state index contributed by atoms with van der Waals surface area (Å²) in [5, 5.41) is 6.78. The predicted octanol–water partition coefficient (Wildman–Crippen LogP) is 3.62. The Morgan fingerprint density at radius 3 is 2.60 bits per heavy atom. The summed E-state index contributed by atoms with van der Waals surface area (Å²) < 4.78 is 39.9. The first kappa shape index (κ1) is 34.3.